The maximum atomic E-state index is 12.5. The van der Waals surface area contributed by atoms with E-state index < -0.39 is 6.61 Å². The van der Waals surface area contributed by atoms with Crippen LogP contribution < -0.4 is 10.1 Å². The van der Waals surface area contributed by atoms with Crippen LogP contribution in [0.1, 0.15) is 17.0 Å². The number of amides is 1. The van der Waals surface area contributed by atoms with Crippen LogP contribution in [0.3, 0.4) is 0 Å². The van der Waals surface area contributed by atoms with E-state index >= 15 is 0 Å². The third kappa shape index (κ3) is 5.42. The number of likely N-dealkylation sites (N-methyl/N-ethyl adjacent to an activating group) is 1. The molecule has 0 fully saturated rings. The Morgan fingerprint density at radius 3 is 2.43 bits per heavy atom. The van der Waals surface area contributed by atoms with E-state index in [1.165, 1.54) is 12.1 Å². The Morgan fingerprint density at radius 1 is 1.13 bits per heavy atom. The minimum atomic E-state index is -2.85. The van der Waals surface area contributed by atoms with E-state index in [0.29, 0.717) is 12.2 Å². The fourth-order valence-corrected chi connectivity index (χ4v) is 3.21. The number of nitrogens with zero attached hydrogens (tertiary/aromatic N) is 3. The molecule has 0 unspecified atom stereocenters. The first-order chi connectivity index (χ1) is 14.3. The maximum Gasteiger partial charge on any atom is 0.387 e. The topological polar surface area (TPSA) is 59.4 Å². The molecule has 3 rings (SSSR count). The average Bonchev–Trinajstić information content (AvgIpc) is 2.98. The Balaban J connectivity index is 1.60. The van der Waals surface area contributed by atoms with Gasteiger partial charge < -0.3 is 10.1 Å². The smallest absolute Gasteiger partial charge is 0.387 e. The highest BCUT2D eigenvalue weighted by Gasteiger charge is 2.16. The summed E-state index contributed by atoms with van der Waals surface area (Å²) in [4.78, 5) is 14.4. The first-order valence-electron chi connectivity index (χ1n) is 9.47. The molecule has 1 heterocycles. The predicted molar refractivity (Wildman–Crippen MR) is 111 cm³/mol. The minimum Gasteiger partial charge on any atom is -0.435 e. The van der Waals surface area contributed by atoms with Crippen molar-refractivity contribution in [1.82, 2.24) is 14.7 Å². The number of aryl methyl sites for hydroxylation is 1. The molecule has 0 bridgehead atoms. The number of alkyl halides is 2. The molecule has 0 aliphatic rings. The van der Waals surface area contributed by atoms with Crippen molar-refractivity contribution in [1.29, 1.82) is 0 Å². The number of nitrogens with one attached hydrogen (secondary N) is 1. The number of ether oxygens (including phenoxy) is 1. The number of para-hydroxylation sites is 1. The Hall–Kier alpha value is -3.26. The second-order valence-corrected chi connectivity index (χ2v) is 7.04. The maximum absolute atomic E-state index is 12.5. The number of anilines is 1. The molecule has 0 saturated carbocycles. The molecule has 30 heavy (non-hydrogen) atoms. The highest BCUT2D eigenvalue weighted by molar-refractivity contribution is 5.93. The van der Waals surface area contributed by atoms with Crippen LogP contribution in [0.25, 0.3) is 5.69 Å². The number of aromatic nitrogens is 2. The summed E-state index contributed by atoms with van der Waals surface area (Å²) < 4.78 is 30.6. The van der Waals surface area contributed by atoms with Gasteiger partial charge in [-0.1, -0.05) is 30.3 Å². The lowest BCUT2D eigenvalue weighted by molar-refractivity contribution is -0.117. The van der Waals surface area contributed by atoms with E-state index in [2.05, 4.69) is 15.2 Å². The first kappa shape index (κ1) is 21.4. The molecule has 1 amide bonds. The quantitative estimate of drug-likeness (QED) is 0.601. The molecule has 0 aliphatic carbocycles. The van der Waals surface area contributed by atoms with Crippen LogP contribution in [0, 0.1) is 13.8 Å². The molecule has 0 spiro atoms. The molecule has 0 radical (unpaired) electrons. The van der Waals surface area contributed by atoms with Crippen molar-refractivity contribution in [3.05, 3.63) is 71.5 Å². The van der Waals surface area contributed by atoms with E-state index in [0.717, 1.165) is 22.6 Å². The molecule has 0 atom stereocenters. The monoisotopic (exact) mass is 414 g/mol. The van der Waals surface area contributed by atoms with Gasteiger partial charge in [0.2, 0.25) is 5.91 Å². The third-order valence-electron chi connectivity index (χ3n) is 4.57. The largest absolute Gasteiger partial charge is 0.435 e. The molecule has 0 saturated heterocycles. The lowest BCUT2D eigenvalue weighted by atomic mass is 10.2. The number of carbonyl (C=O) groups is 1. The predicted octanol–water partition coefficient (Wildman–Crippen LogP) is 4.16. The summed E-state index contributed by atoms with van der Waals surface area (Å²) in [5, 5.41) is 7.48. The van der Waals surface area contributed by atoms with Gasteiger partial charge in [0.15, 0.2) is 0 Å². The Labute approximate surface area is 174 Å². The van der Waals surface area contributed by atoms with Crippen LogP contribution in [0.4, 0.5) is 14.5 Å². The molecule has 6 nitrogen and oxygen atoms in total. The second-order valence-electron chi connectivity index (χ2n) is 7.04. The molecule has 1 aromatic heterocycles. The normalized spacial score (nSPS) is 11.2. The molecular formula is C22H24F2N4O2. The van der Waals surface area contributed by atoms with E-state index in [9.17, 15) is 13.6 Å². The minimum absolute atomic E-state index is 0.107. The van der Waals surface area contributed by atoms with Gasteiger partial charge in [-0.2, -0.15) is 13.9 Å². The summed E-state index contributed by atoms with van der Waals surface area (Å²) in [7, 11) is 1.82. The molecule has 3 aromatic rings. The van der Waals surface area contributed by atoms with Gasteiger partial charge in [0.05, 0.1) is 29.3 Å². The van der Waals surface area contributed by atoms with E-state index in [4.69, 9.17) is 0 Å². The summed E-state index contributed by atoms with van der Waals surface area (Å²) in [6, 6.07) is 16.1. The van der Waals surface area contributed by atoms with Crippen molar-refractivity contribution >= 4 is 11.6 Å². The van der Waals surface area contributed by atoms with Gasteiger partial charge in [-0.15, -0.1) is 0 Å². The number of halogens is 2. The van der Waals surface area contributed by atoms with Crippen LogP contribution in [0.15, 0.2) is 54.6 Å². The van der Waals surface area contributed by atoms with Gasteiger partial charge in [0.1, 0.15) is 5.75 Å². The zero-order valence-corrected chi connectivity index (χ0v) is 17.1. The van der Waals surface area contributed by atoms with E-state index in [1.54, 1.807) is 16.8 Å². The number of benzene rings is 2. The van der Waals surface area contributed by atoms with Crippen LogP contribution >= 0.6 is 0 Å². The van der Waals surface area contributed by atoms with Crippen LogP contribution in [0.2, 0.25) is 0 Å². The fourth-order valence-electron chi connectivity index (χ4n) is 3.21. The van der Waals surface area contributed by atoms with Crippen molar-refractivity contribution in [2.45, 2.75) is 27.0 Å². The van der Waals surface area contributed by atoms with Gasteiger partial charge in [-0.3, -0.25) is 9.69 Å². The second kappa shape index (κ2) is 9.49. The van der Waals surface area contributed by atoms with Gasteiger partial charge in [0.25, 0.3) is 0 Å². The zero-order chi connectivity index (χ0) is 21.7. The van der Waals surface area contributed by atoms with Crippen LogP contribution in [-0.4, -0.2) is 40.8 Å². The Bertz CT molecular complexity index is 988. The molecule has 2 aromatic carbocycles. The Morgan fingerprint density at radius 2 is 1.80 bits per heavy atom. The van der Waals surface area contributed by atoms with E-state index in [-0.39, 0.29) is 18.2 Å². The van der Waals surface area contributed by atoms with Crippen LogP contribution in [-0.2, 0) is 11.3 Å². The summed E-state index contributed by atoms with van der Waals surface area (Å²) >= 11 is 0. The number of hydrogen-bond acceptors (Lipinski definition) is 4. The summed E-state index contributed by atoms with van der Waals surface area (Å²) in [6.07, 6.45) is 0. The summed E-state index contributed by atoms with van der Waals surface area (Å²) in [5.41, 5.74) is 4.10. The highest BCUT2D eigenvalue weighted by atomic mass is 19.3. The fraction of sp³-hybridized carbons (Fsp3) is 0.273. The van der Waals surface area contributed by atoms with Crippen molar-refractivity contribution in [2.24, 2.45) is 0 Å². The summed E-state index contributed by atoms with van der Waals surface area (Å²) in [5.74, 6) is -0.0514. The Kier molecular flexibility index (Phi) is 6.79. The molecule has 1 N–H and O–H groups in total. The van der Waals surface area contributed by atoms with Crippen molar-refractivity contribution in [3.8, 4) is 11.4 Å². The van der Waals surface area contributed by atoms with Gasteiger partial charge >= 0.3 is 6.61 Å². The first-order valence-corrected chi connectivity index (χ1v) is 9.47. The van der Waals surface area contributed by atoms with Crippen LogP contribution in [0.5, 0.6) is 5.75 Å². The standard InChI is InChI=1S/C22H24F2N4O2/c1-15-21(16(2)28(26-15)18-7-5-4-6-8-18)25-20(29)14-27(3)13-17-9-11-19(12-10-17)30-22(23)24/h4-12,22H,13-14H2,1-3H3,(H,25,29). The molecule has 8 heteroatoms. The lowest BCUT2D eigenvalue weighted by Crippen LogP contribution is -2.30. The molecular weight excluding hydrogens is 390 g/mol. The van der Waals surface area contributed by atoms with Gasteiger partial charge in [-0.05, 0) is 50.7 Å². The van der Waals surface area contributed by atoms with Gasteiger partial charge in [0, 0.05) is 6.54 Å². The van der Waals surface area contributed by atoms with Crippen molar-refractivity contribution in [2.75, 3.05) is 18.9 Å². The average molecular weight is 414 g/mol. The molecule has 158 valence electrons. The highest BCUT2D eigenvalue weighted by Crippen LogP contribution is 2.23. The SMILES string of the molecule is Cc1nn(-c2ccccc2)c(C)c1NC(=O)CN(C)Cc1ccc(OC(F)F)cc1. The van der Waals surface area contributed by atoms with Gasteiger partial charge in [-0.25, -0.2) is 4.68 Å². The lowest BCUT2D eigenvalue weighted by Gasteiger charge is -2.17. The number of hydrogen-bond donors (Lipinski definition) is 1. The van der Waals surface area contributed by atoms with Crippen molar-refractivity contribution < 1.29 is 18.3 Å². The summed E-state index contributed by atoms with van der Waals surface area (Å²) in [6.45, 7) is 1.58. The zero-order valence-electron chi connectivity index (χ0n) is 17.1. The molecule has 0 aliphatic heterocycles. The van der Waals surface area contributed by atoms with E-state index in [1.807, 2.05) is 56.1 Å². The number of rotatable bonds is 8. The number of carbonyl (C=O) groups excluding carboxylic acids is 1. The third-order valence-corrected chi connectivity index (χ3v) is 4.57. The van der Waals surface area contributed by atoms with Crippen molar-refractivity contribution in [3.63, 3.8) is 0 Å².